The van der Waals surface area contributed by atoms with E-state index in [2.05, 4.69) is 5.32 Å². The summed E-state index contributed by atoms with van der Waals surface area (Å²) < 4.78 is 15.4. The normalized spacial score (nSPS) is 10.1. The molecule has 138 valence electrons. The molecule has 0 heterocycles. The Labute approximate surface area is 156 Å². The number of hydrogen-bond acceptors (Lipinski definition) is 6. The molecule has 1 N–H and O–H groups in total. The third-order valence-corrected chi connectivity index (χ3v) is 3.48. The number of carbonyl (C=O) groups excluding carboxylic acids is 2. The summed E-state index contributed by atoms with van der Waals surface area (Å²) in [4.78, 5) is 23.6. The number of nitriles is 1. The second-order valence-corrected chi connectivity index (χ2v) is 5.26. The minimum absolute atomic E-state index is 0.432. The second-order valence-electron chi connectivity index (χ2n) is 5.26. The highest BCUT2D eigenvalue weighted by Gasteiger charge is 2.09. The Kier molecular flexibility index (Phi) is 6.97. The summed E-state index contributed by atoms with van der Waals surface area (Å²) in [5.74, 6) is -0.132. The van der Waals surface area contributed by atoms with Crippen molar-refractivity contribution >= 4 is 23.6 Å². The lowest BCUT2D eigenvalue weighted by molar-refractivity contribution is -0.142. The largest absolute Gasteiger partial charge is 0.493 e. The fourth-order valence-electron chi connectivity index (χ4n) is 2.21. The van der Waals surface area contributed by atoms with Crippen LogP contribution in [0.25, 0.3) is 6.08 Å². The van der Waals surface area contributed by atoms with E-state index in [4.69, 9.17) is 19.5 Å². The lowest BCUT2D eigenvalue weighted by atomic mass is 10.1. The Hall–Kier alpha value is -3.79. The van der Waals surface area contributed by atoms with Crippen LogP contribution in [0.2, 0.25) is 0 Å². The van der Waals surface area contributed by atoms with Crippen LogP contribution in [0.5, 0.6) is 11.5 Å². The summed E-state index contributed by atoms with van der Waals surface area (Å²) in [5, 5.41) is 11.3. The molecule has 0 atom stereocenters. The minimum atomic E-state index is -0.671. The van der Waals surface area contributed by atoms with Gasteiger partial charge in [-0.05, 0) is 36.4 Å². The third-order valence-electron chi connectivity index (χ3n) is 3.48. The number of hydrogen-bond donors (Lipinski definition) is 1. The molecule has 2 rings (SSSR count). The predicted molar refractivity (Wildman–Crippen MR) is 99.3 cm³/mol. The van der Waals surface area contributed by atoms with Gasteiger partial charge in [-0.25, -0.2) is 4.79 Å². The highest BCUT2D eigenvalue weighted by Crippen LogP contribution is 2.31. The van der Waals surface area contributed by atoms with E-state index in [1.807, 2.05) is 6.07 Å². The number of benzene rings is 2. The number of anilines is 1. The molecule has 7 heteroatoms. The highest BCUT2D eigenvalue weighted by molar-refractivity contribution is 5.94. The first-order valence-corrected chi connectivity index (χ1v) is 7.93. The fourth-order valence-corrected chi connectivity index (χ4v) is 2.21. The first-order valence-electron chi connectivity index (χ1n) is 7.93. The van der Waals surface area contributed by atoms with Crippen molar-refractivity contribution in [3.8, 4) is 17.6 Å². The van der Waals surface area contributed by atoms with E-state index in [9.17, 15) is 9.59 Å². The van der Waals surface area contributed by atoms with Crippen LogP contribution in [-0.4, -0.2) is 32.7 Å². The zero-order valence-corrected chi connectivity index (χ0v) is 14.9. The van der Waals surface area contributed by atoms with Gasteiger partial charge in [0, 0.05) is 17.3 Å². The number of rotatable bonds is 7. The Balaban J connectivity index is 1.89. The molecule has 0 aliphatic carbocycles. The van der Waals surface area contributed by atoms with Gasteiger partial charge in [-0.3, -0.25) is 4.79 Å². The third kappa shape index (κ3) is 5.61. The van der Waals surface area contributed by atoms with Crippen LogP contribution in [0.3, 0.4) is 0 Å². The molecule has 7 nitrogen and oxygen atoms in total. The van der Waals surface area contributed by atoms with Gasteiger partial charge in [-0.1, -0.05) is 12.1 Å². The van der Waals surface area contributed by atoms with Gasteiger partial charge < -0.3 is 19.5 Å². The van der Waals surface area contributed by atoms with Crippen LogP contribution in [-0.2, 0) is 14.3 Å². The summed E-state index contributed by atoms with van der Waals surface area (Å²) in [7, 11) is 3.02. The van der Waals surface area contributed by atoms with E-state index in [0.29, 0.717) is 28.3 Å². The van der Waals surface area contributed by atoms with Gasteiger partial charge in [0.05, 0.1) is 25.9 Å². The van der Waals surface area contributed by atoms with Crippen LogP contribution < -0.4 is 14.8 Å². The van der Waals surface area contributed by atoms with Gasteiger partial charge in [-0.2, -0.15) is 5.26 Å². The zero-order chi connectivity index (χ0) is 19.6. The molecule has 0 unspecified atom stereocenters. The number of para-hydroxylation sites is 1. The average Bonchev–Trinajstić information content (AvgIpc) is 2.70. The Morgan fingerprint density at radius 3 is 2.48 bits per heavy atom. The smallest absolute Gasteiger partial charge is 0.331 e. The summed E-state index contributed by atoms with van der Waals surface area (Å²) in [5.41, 5.74) is 1.63. The monoisotopic (exact) mass is 366 g/mol. The number of amides is 1. The number of carbonyl (C=O) groups is 2. The Morgan fingerprint density at radius 2 is 1.85 bits per heavy atom. The molecule has 0 aromatic heterocycles. The predicted octanol–water partition coefficient (Wildman–Crippen LogP) is 2.77. The van der Waals surface area contributed by atoms with E-state index >= 15 is 0 Å². The Bertz CT molecular complexity index is 882. The van der Waals surface area contributed by atoms with E-state index in [1.54, 1.807) is 42.5 Å². The fraction of sp³-hybridized carbons (Fsp3) is 0.150. The highest BCUT2D eigenvalue weighted by atomic mass is 16.5. The maximum Gasteiger partial charge on any atom is 0.331 e. The first kappa shape index (κ1) is 19.5. The SMILES string of the molecule is COc1cccc(C=CC(=O)OCC(=O)Nc2ccc(C#N)cc2)c1OC. The van der Waals surface area contributed by atoms with Crippen molar-refractivity contribution in [1.29, 1.82) is 5.26 Å². The van der Waals surface area contributed by atoms with Crippen molar-refractivity contribution in [3.05, 3.63) is 59.7 Å². The molecule has 0 saturated carbocycles. The molecule has 0 spiro atoms. The van der Waals surface area contributed by atoms with Crippen LogP contribution in [0.4, 0.5) is 5.69 Å². The zero-order valence-electron chi connectivity index (χ0n) is 14.9. The molecule has 0 aliphatic rings. The van der Waals surface area contributed by atoms with E-state index in [-0.39, 0.29) is 0 Å². The van der Waals surface area contributed by atoms with Crippen LogP contribution in [0.1, 0.15) is 11.1 Å². The molecule has 1 amide bonds. The average molecular weight is 366 g/mol. The molecule has 0 bridgehead atoms. The van der Waals surface area contributed by atoms with Crippen molar-refractivity contribution in [2.24, 2.45) is 0 Å². The van der Waals surface area contributed by atoms with Crippen LogP contribution >= 0.6 is 0 Å². The number of methoxy groups -OCH3 is 2. The van der Waals surface area contributed by atoms with E-state index in [1.165, 1.54) is 26.4 Å². The standard InChI is InChI=1S/C20H18N2O5/c1-25-17-5-3-4-15(20(17)26-2)8-11-19(24)27-13-18(23)22-16-9-6-14(12-21)7-10-16/h3-11H,13H2,1-2H3,(H,22,23). The Morgan fingerprint density at radius 1 is 1.11 bits per heavy atom. The second kappa shape index (κ2) is 9.63. The summed E-state index contributed by atoms with van der Waals surface area (Å²) in [6.07, 6.45) is 2.72. The lowest BCUT2D eigenvalue weighted by Crippen LogP contribution is -2.20. The number of nitrogens with one attached hydrogen (secondary N) is 1. The summed E-state index contributed by atoms with van der Waals surface area (Å²) >= 11 is 0. The van der Waals surface area contributed by atoms with Crippen molar-refractivity contribution in [1.82, 2.24) is 0 Å². The minimum Gasteiger partial charge on any atom is -0.493 e. The summed E-state index contributed by atoms with van der Waals surface area (Å²) in [6.45, 7) is -0.432. The maximum absolute atomic E-state index is 11.8. The first-order chi connectivity index (χ1) is 13.1. The van der Waals surface area contributed by atoms with Gasteiger partial charge in [0.15, 0.2) is 18.1 Å². The number of esters is 1. The van der Waals surface area contributed by atoms with Crippen molar-refractivity contribution in [3.63, 3.8) is 0 Å². The van der Waals surface area contributed by atoms with Gasteiger partial charge in [0.2, 0.25) is 0 Å². The van der Waals surface area contributed by atoms with Crippen LogP contribution in [0, 0.1) is 11.3 Å². The van der Waals surface area contributed by atoms with Gasteiger partial charge in [-0.15, -0.1) is 0 Å². The molecule has 0 saturated heterocycles. The lowest BCUT2D eigenvalue weighted by Gasteiger charge is -2.09. The van der Waals surface area contributed by atoms with Crippen molar-refractivity contribution < 1.29 is 23.8 Å². The van der Waals surface area contributed by atoms with E-state index in [0.717, 1.165) is 0 Å². The molecular weight excluding hydrogens is 348 g/mol. The van der Waals surface area contributed by atoms with Crippen molar-refractivity contribution in [2.45, 2.75) is 0 Å². The molecule has 0 fully saturated rings. The molecule has 2 aromatic rings. The number of ether oxygens (including phenoxy) is 3. The molecular formula is C20H18N2O5. The van der Waals surface area contributed by atoms with Gasteiger partial charge >= 0.3 is 5.97 Å². The van der Waals surface area contributed by atoms with Gasteiger partial charge in [0.25, 0.3) is 5.91 Å². The van der Waals surface area contributed by atoms with Crippen molar-refractivity contribution in [2.75, 3.05) is 26.1 Å². The molecule has 2 aromatic carbocycles. The number of nitrogens with zero attached hydrogens (tertiary/aromatic N) is 1. The summed E-state index contributed by atoms with van der Waals surface area (Å²) in [6, 6.07) is 13.6. The molecule has 0 aliphatic heterocycles. The maximum atomic E-state index is 11.8. The van der Waals surface area contributed by atoms with E-state index < -0.39 is 18.5 Å². The van der Waals surface area contributed by atoms with Gasteiger partial charge in [0.1, 0.15) is 0 Å². The topological polar surface area (TPSA) is 97.6 Å². The quantitative estimate of drug-likeness (QED) is 0.598. The molecule has 0 radical (unpaired) electrons. The molecule has 27 heavy (non-hydrogen) atoms. The van der Waals surface area contributed by atoms with Crippen LogP contribution in [0.15, 0.2) is 48.5 Å².